The number of nitrogens with one attached hydrogen (secondary N) is 1. The molecule has 0 aliphatic carbocycles. The van der Waals surface area contributed by atoms with Gasteiger partial charge in [0.05, 0.1) is 6.04 Å². The van der Waals surface area contributed by atoms with Crippen molar-refractivity contribution in [2.45, 2.75) is 13.0 Å². The Balaban J connectivity index is 1.53. The lowest BCUT2D eigenvalue weighted by molar-refractivity contribution is 0.0938. The minimum atomic E-state index is -0.127. The highest BCUT2D eigenvalue weighted by Gasteiger charge is 2.16. The summed E-state index contributed by atoms with van der Waals surface area (Å²) in [4.78, 5) is 12.6. The maximum atomic E-state index is 12.6. The second kappa shape index (κ2) is 6.48. The molecule has 3 aromatic rings. The molecule has 1 aliphatic rings. The third-order valence-corrected chi connectivity index (χ3v) is 4.43. The van der Waals surface area contributed by atoms with Crippen molar-refractivity contribution in [3.8, 4) is 11.5 Å². The molecular formula is C21H19NO3. The van der Waals surface area contributed by atoms with Gasteiger partial charge in [0.25, 0.3) is 5.91 Å². The first-order chi connectivity index (χ1) is 12.2. The van der Waals surface area contributed by atoms with E-state index in [-0.39, 0.29) is 11.9 Å². The number of amides is 1. The van der Waals surface area contributed by atoms with E-state index in [1.165, 1.54) is 10.8 Å². The standard InChI is InChI=1S/C21H19NO3/c1-14(16-7-6-15-4-2-3-5-17(15)12-16)22-21(23)18-8-9-19-20(13-18)25-11-10-24-19/h2-9,12-14H,10-11H2,1H3,(H,22,23). The number of carbonyl (C=O) groups excluding carboxylic acids is 1. The molecule has 0 radical (unpaired) electrons. The van der Waals surface area contributed by atoms with Gasteiger partial charge in [-0.1, -0.05) is 36.4 Å². The first-order valence-electron chi connectivity index (χ1n) is 8.40. The molecule has 1 amide bonds. The fourth-order valence-electron chi connectivity index (χ4n) is 3.03. The van der Waals surface area contributed by atoms with Crippen LogP contribution in [-0.4, -0.2) is 19.1 Å². The number of carbonyl (C=O) groups is 1. The van der Waals surface area contributed by atoms with E-state index in [4.69, 9.17) is 9.47 Å². The summed E-state index contributed by atoms with van der Waals surface area (Å²) in [5, 5.41) is 5.41. The molecule has 1 N–H and O–H groups in total. The summed E-state index contributed by atoms with van der Waals surface area (Å²) in [6, 6.07) is 19.6. The van der Waals surface area contributed by atoms with Crippen LogP contribution in [0.5, 0.6) is 11.5 Å². The Labute approximate surface area is 146 Å². The van der Waals surface area contributed by atoms with Gasteiger partial charge in [-0.05, 0) is 47.5 Å². The molecule has 0 spiro atoms. The Bertz CT molecular complexity index is 935. The first kappa shape index (κ1) is 15.5. The quantitative estimate of drug-likeness (QED) is 0.785. The van der Waals surface area contributed by atoms with Crippen LogP contribution >= 0.6 is 0 Å². The summed E-state index contributed by atoms with van der Waals surface area (Å²) in [5.74, 6) is 1.18. The highest BCUT2D eigenvalue weighted by Crippen LogP contribution is 2.31. The van der Waals surface area contributed by atoms with Crippen molar-refractivity contribution in [3.63, 3.8) is 0 Å². The van der Waals surface area contributed by atoms with Crippen LogP contribution in [0.25, 0.3) is 10.8 Å². The van der Waals surface area contributed by atoms with Crippen LogP contribution in [0.15, 0.2) is 60.7 Å². The first-order valence-corrected chi connectivity index (χ1v) is 8.40. The third kappa shape index (κ3) is 3.15. The second-order valence-corrected chi connectivity index (χ2v) is 6.16. The van der Waals surface area contributed by atoms with Gasteiger partial charge in [-0.15, -0.1) is 0 Å². The number of hydrogen-bond donors (Lipinski definition) is 1. The molecule has 4 heteroatoms. The number of fused-ring (bicyclic) bond motifs is 2. The molecule has 1 heterocycles. The summed E-state index contributed by atoms with van der Waals surface area (Å²) in [5.41, 5.74) is 1.64. The smallest absolute Gasteiger partial charge is 0.251 e. The maximum Gasteiger partial charge on any atom is 0.251 e. The van der Waals surface area contributed by atoms with Crippen LogP contribution in [0.1, 0.15) is 28.9 Å². The van der Waals surface area contributed by atoms with Crippen LogP contribution in [0, 0.1) is 0 Å². The van der Waals surface area contributed by atoms with E-state index in [9.17, 15) is 4.79 Å². The zero-order valence-corrected chi connectivity index (χ0v) is 14.0. The van der Waals surface area contributed by atoms with Gasteiger partial charge in [-0.25, -0.2) is 0 Å². The van der Waals surface area contributed by atoms with Crippen LogP contribution in [0.3, 0.4) is 0 Å². The summed E-state index contributed by atoms with van der Waals surface area (Å²) in [7, 11) is 0. The predicted octanol–water partition coefficient (Wildman–Crippen LogP) is 4.10. The van der Waals surface area contributed by atoms with E-state index in [0.717, 1.165) is 5.56 Å². The molecular weight excluding hydrogens is 314 g/mol. The maximum absolute atomic E-state index is 12.6. The van der Waals surface area contributed by atoms with Crippen molar-refractivity contribution in [1.82, 2.24) is 5.32 Å². The number of ether oxygens (including phenoxy) is 2. The minimum Gasteiger partial charge on any atom is -0.486 e. The SMILES string of the molecule is CC(NC(=O)c1ccc2c(c1)OCCO2)c1ccc2ccccc2c1. The Kier molecular flexibility index (Phi) is 4.02. The summed E-state index contributed by atoms with van der Waals surface area (Å²) >= 11 is 0. The molecule has 25 heavy (non-hydrogen) atoms. The van der Waals surface area contributed by atoms with Crippen molar-refractivity contribution in [2.24, 2.45) is 0 Å². The van der Waals surface area contributed by atoms with Gasteiger partial charge in [0.1, 0.15) is 13.2 Å². The van der Waals surface area contributed by atoms with Gasteiger partial charge in [0.15, 0.2) is 11.5 Å². The highest BCUT2D eigenvalue weighted by atomic mass is 16.6. The van der Waals surface area contributed by atoms with E-state index in [0.29, 0.717) is 30.3 Å². The zero-order chi connectivity index (χ0) is 17.2. The van der Waals surface area contributed by atoms with Gasteiger partial charge >= 0.3 is 0 Å². The van der Waals surface area contributed by atoms with Gasteiger partial charge < -0.3 is 14.8 Å². The van der Waals surface area contributed by atoms with E-state index in [1.54, 1.807) is 18.2 Å². The van der Waals surface area contributed by atoms with Crippen LogP contribution in [0.2, 0.25) is 0 Å². The Morgan fingerprint density at radius 2 is 1.68 bits per heavy atom. The molecule has 0 fully saturated rings. The van der Waals surface area contributed by atoms with Crippen molar-refractivity contribution in [3.05, 3.63) is 71.8 Å². The molecule has 0 aromatic heterocycles. The minimum absolute atomic E-state index is 0.0923. The lowest BCUT2D eigenvalue weighted by Gasteiger charge is -2.19. The van der Waals surface area contributed by atoms with Gasteiger partial charge in [-0.2, -0.15) is 0 Å². The van der Waals surface area contributed by atoms with Gasteiger partial charge in [0.2, 0.25) is 0 Å². The molecule has 1 aliphatic heterocycles. The number of benzene rings is 3. The Morgan fingerprint density at radius 1 is 0.920 bits per heavy atom. The largest absolute Gasteiger partial charge is 0.486 e. The topological polar surface area (TPSA) is 47.6 Å². The molecule has 0 saturated carbocycles. The molecule has 126 valence electrons. The van der Waals surface area contributed by atoms with Crippen LogP contribution in [-0.2, 0) is 0 Å². The van der Waals surface area contributed by atoms with Crippen molar-refractivity contribution in [2.75, 3.05) is 13.2 Å². The molecule has 1 atom stereocenters. The van der Waals surface area contributed by atoms with Crippen LogP contribution < -0.4 is 14.8 Å². The number of rotatable bonds is 3. The molecule has 3 aromatic carbocycles. The normalized spacial score (nSPS) is 14.1. The summed E-state index contributed by atoms with van der Waals surface area (Å²) in [6.45, 7) is 3.03. The lowest BCUT2D eigenvalue weighted by atomic mass is 10.0. The Morgan fingerprint density at radius 3 is 2.52 bits per heavy atom. The zero-order valence-electron chi connectivity index (χ0n) is 14.0. The van der Waals surface area contributed by atoms with Gasteiger partial charge in [-0.3, -0.25) is 4.79 Å². The number of hydrogen-bond acceptors (Lipinski definition) is 3. The fourth-order valence-corrected chi connectivity index (χ4v) is 3.03. The second-order valence-electron chi connectivity index (χ2n) is 6.16. The van der Waals surface area contributed by atoms with E-state index in [1.807, 2.05) is 19.1 Å². The Hall–Kier alpha value is -3.01. The molecule has 0 bridgehead atoms. The lowest BCUT2D eigenvalue weighted by Crippen LogP contribution is -2.27. The van der Waals surface area contributed by atoms with E-state index >= 15 is 0 Å². The molecule has 1 unspecified atom stereocenters. The summed E-state index contributed by atoms with van der Waals surface area (Å²) < 4.78 is 11.0. The van der Waals surface area contributed by atoms with Crippen molar-refractivity contribution < 1.29 is 14.3 Å². The molecule has 4 rings (SSSR count). The molecule has 4 nitrogen and oxygen atoms in total. The summed E-state index contributed by atoms with van der Waals surface area (Å²) in [6.07, 6.45) is 0. The monoisotopic (exact) mass is 333 g/mol. The van der Waals surface area contributed by atoms with E-state index in [2.05, 4.69) is 35.6 Å². The predicted molar refractivity (Wildman–Crippen MR) is 97.3 cm³/mol. The van der Waals surface area contributed by atoms with Crippen molar-refractivity contribution in [1.29, 1.82) is 0 Å². The van der Waals surface area contributed by atoms with Crippen LogP contribution in [0.4, 0.5) is 0 Å². The fraction of sp³-hybridized carbons (Fsp3) is 0.190. The average Bonchev–Trinajstić information content (AvgIpc) is 2.67. The highest BCUT2D eigenvalue weighted by molar-refractivity contribution is 5.95. The van der Waals surface area contributed by atoms with Crippen molar-refractivity contribution >= 4 is 16.7 Å². The average molecular weight is 333 g/mol. The van der Waals surface area contributed by atoms with E-state index < -0.39 is 0 Å². The third-order valence-electron chi connectivity index (χ3n) is 4.43. The molecule has 0 saturated heterocycles. The van der Waals surface area contributed by atoms with Gasteiger partial charge in [0, 0.05) is 5.56 Å².